The van der Waals surface area contributed by atoms with Crippen molar-refractivity contribution in [3.8, 4) is 0 Å². The summed E-state index contributed by atoms with van der Waals surface area (Å²) in [6, 6.07) is 16.6. The Kier molecular flexibility index (Phi) is 4.98. The van der Waals surface area contributed by atoms with Crippen molar-refractivity contribution in [3.63, 3.8) is 0 Å². The van der Waals surface area contributed by atoms with Crippen LogP contribution in [0.4, 0.5) is 16.2 Å². The molecule has 4 heteroatoms. The quantitative estimate of drug-likeness (QED) is 0.788. The van der Waals surface area contributed by atoms with Crippen LogP contribution in [0.15, 0.2) is 48.5 Å². The van der Waals surface area contributed by atoms with E-state index in [1.165, 1.54) is 11.3 Å². The van der Waals surface area contributed by atoms with Crippen LogP contribution in [-0.2, 0) is 10.3 Å². The van der Waals surface area contributed by atoms with Gasteiger partial charge in [0, 0.05) is 37.2 Å². The standard InChI is InChI=1S/C19H20N2O2.C2H6/c1-14-6-8-15(9-7-14)21-12-10-19(11-13-21)16-4-2-3-5-17(16)20-18(22)23-19;1-2/h2-9H,10-13H2,1H3,(H,20,22);1-2H3. The van der Waals surface area contributed by atoms with E-state index >= 15 is 0 Å². The highest BCUT2D eigenvalue weighted by atomic mass is 16.6. The van der Waals surface area contributed by atoms with Crippen LogP contribution in [0.5, 0.6) is 0 Å². The number of ether oxygens (including phenoxy) is 1. The number of aryl methyl sites for hydroxylation is 1. The number of nitrogens with zero attached hydrogens (tertiary/aromatic N) is 1. The van der Waals surface area contributed by atoms with Crippen molar-refractivity contribution in [2.24, 2.45) is 0 Å². The van der Waals surface area contributed by atoms with Crippen LogP contribution >= 0.6 is 0 Å². The molecule has 2 aliphatic rings. The van der Waals surface area contributed by atoms with Crippen molar-refractivity contribution in [1.82, 2.24) is 0 Å². The topological polar surface area (TPSA) is 41.6 Å². The first-order chi connectivity index (χ1) is 12.2. The van der Waals surface area contributed by atoms with Gasteiger partial charge in [0.15, 0.2) is 0 Å². The van der Waals surface area contributed by atoms with E-state index < -0.39 is 5.60 Å². The Balaban J connectivity index is 0.000000880. The minimum Gasteiger partial charge on any atom is -0.438 e. The lowest BCUT2D eigenvalue weighted by Gasteiger charge is -2.44. The number of piperidine rings is 1. The average molecular weight is 338 g/mol. The molecule has 1 N–H and O–H groups in total. The molecule has 1 saturated heterocycles. The van der Waals surface area contributed by atoms with Gasteiger partial charge in [-0.15, -0.1) is 0 Å². The number of anilines is 2. The lowest BCUT2D eigenvalue weighted by molar-refractivity contribution is -0.00801. The van der Waals surface area contributed by atoms with Gasteiger partial charge in [-0.05, 0) is 25.1 Å². The fourth-order valence-electron chi connectivity index (χ4n) is 3.61. The van der Waals surface area contributed by atoms with Crippen molar-refractivity contribution >= 4 is 17.5 Å². The summed E-state index contributed by atoms with van der Waals surface area (Å²) in [6.45, 7) is 7.86. The minimum atomic E-state index is -0.486. The third-order valence-electron chi connectivity index (χ3n) is 4.91. The summed E-state index contributed by atoms with van der Waals surface area (Å²) in [6.07, 6.45) is 1.28. The summed E-state index contributed by atoms with van der Waals surface area (Å²) in [5.41, 5.74) is 4.00. The Morgan fingerprint density at radius 2 is 1.64 bits per heavy atom. The molecule has 2 aliphatic heterocycles. The molecule has 0 atom stereocenters. The van der Waals surface area contributed by atoms with Crippen molar-refractivity contribution in [3.05, 3.63) is 59.7 Å². The van der Waals surface area contributed by atoms with E-state index in [1.54, 1.807) is 0 Å². The zero-order valence-electron chi connectivity index (χ0n) is 15.2. The monoisotopic (exact) mass is 338 g/mol. The molecule has 0 radical (unpaired) electrons. The summed E-state index contributed by atoms with van der Waals surface area (Å²) in [4.78, 5) is 14.3. The third kappa shape index (κ3) is 3.34. The summed E-state index contributed by atoms with van der Waals surface area (Å²) in [5.74, 6) is 0. The highest BCUT2D eigenvalue weighted by Gasteiger charge is 2.44. The second-order valence-electron chi connectivity index (χ2n) is 6.38. The number of amides is 1. The van der Waals surface area contributed by atoms with Crippen molar-refractivity contribution in [1.29, 1.82) is 0 Å². The van der Waals surface area contributed by atoms with Gasteiger partial charge in [0.05, 0.1) is 5.69 Å². The van der Waals surface area contributed by atoms with Gasteiger partial charge < -0.3 is 9.64 Å². The maximum Gasteiger partial charge on any atom is 0.412 e. The number of hydrogen-bond acceptors (Lipinski definition) is 3. The van der Waals surface area contributed by atoms with Crippen LogP contribution in [-0.4, -0.2) is 19.2 Å². The zero-order valence-corrected chi connectivity index (χ0v) is 15.2. The highest BCUT2D eigenvalue weighted by Crippen LogP contribution is 2.43. The molecule has 2 aromatic carbocycles. The van der Waals surface area contributed by atoms with Crippen LogP contribution < -0.4 is 10.2 Å². The maximum absolute atomic E-state index is 11.9. The highest BCUT2D eigenvalue weighted by molar-refractivity contribution is 5.88. The molecule has 1 fully saturated rings. The number of rotatable bonds is 1. The molecule has 25 heavy (non-hydrogen) atoms. The molecular weight excluding hydrogens is 312 g/mol. The molecule has 2 heterocycles. The average Bonchev–Trinajstić information content (AvgIpc) is 2.65. The summed E-state index contributed by atoms with van der Waals surface area (Å²) in [7, 11) is 0. The first-order valence-electron chi connectivity index (χ1n) is 9.07. The molecule has 4 rings (SSSR count). The fourth-order valence-corrected chi connectivity index (χ4v) is 3.61. The molecule has 0 aromatic heterocycles. The molecule has 1 amide bonds. The predicted octanol–water partition coefficient (Wildman–Crippen LogP) is 5.08. The molecule has 1 spiro atoms. The molecule has 4 nitrogen and oxygen atoms in total. The molecule has 0 saturated carbocycles. The van der Waals surface area contributed by atoms with Crippen molar-refractivity contribution < 1.29 is 9.53 Å². The second-order valence-corrected chi connectivity index (χ2v) is 6.38. The second kappa shape index (κ2) is 7.18. The van der Waals surface area contributed by atoms with Gasteiger partial charge in [-0.25, -0.2) is 4.79 Å². The van der Waals surface area contributed by atoms with E-state index in [4.69, 9.17) is 4.74 Å². The molecule has 2 aromatic rings. The van der Waals surface area contributed by atoms with E-state index in [1.807, 2.05) is 32.0 Å². The van der Waals surface area contributed by atoms with E-state index in [9.17, 15) is 4.79 Å². The Hall–Kier alpha value is -2.49. The summed E-state index contributed by atoms with van der Waals surface area (Å²) >= 11 is 0. The molecule has 132 valence electrons. The van der Waals surface area contributed by atoms with Crippen LogP contribution in [0.25, 0.3) is 0 Å². The van der Waals surface area contributed by atoms with Gasteiger partial charge in [-0.1, -0.05) is 49.7 Å². The largest absolute Gasteiger partial charge is 0.438 e. The van der Waals surface area contributed by atoms with Gasteiger partial charge in [-0.3, -0.25) is 5.32 Å². The van der Waals surface area contributed by atoms with Gasteiger partial charge >= 0.3 is 6.09 Å². The lowest BCUT2D eigenvalue weighted by Crippen LogP contribution is -2.48. The Morgan fingerprint density at radius 3 is 2.32 bits per heavy atom. The SMILES string of the molecule is CC.Cc1ccc(N2CCC3(CC2)OC(=O)Nc2ccccc23)cc1. The summed E-state index contributed by atoms with van der Waals surface area (Å²) < 4.78 is 5.77. The van der Waals surface area contributed by atoms with E-state index in [0.29, 0.717) is 0 Å². The normalized spacial score (nSPS) is 17.7. The number of carbonyl (C=O) groups is 1. The van der Waals surface area contributed by atoms with Gasteiger partial charge in [0.2, 0.25) is 0 Å². The number of fused-ring (bicyclic) bond motifs is 2. The van der Waals surface area contributed by atoms with Crippen LogP contribution in [0, 0.1) is 6.92 Å². The lowest BCUT2D eigenvalue weighted by atomic mass is 9.82. The number of carbonyl (C=O) groups excluding carboxylic acids is 1. The van der Waals surface area contributed by atoms with Crippen molar-refractivity contribution in [2.75, 3.05) is 23.3 Å². The number of nitrogens with one attached hydrogen (secondary N) is 1. The molecule has 0 unspecified atom stereocenters. The minimum absolute atomic E-state index is 0.340. The van der Waals surface area contributed by atoms with E-state index in [-0.39, 0.29) is 6.09 Å². The molecular formula is C21H26N2O2. The third-order valence-corrected chi connectivity index (χ3v) is 4.91. The Morgan fingerprint density at radius 1 is 1.00 bits per heavy atom. The zero-order chi connectivity index (χ0) is 17.9. The van der Waals surface area contributed by atoms with Gasteiger partial charge in [0.1, 0.15) is 5.60 Å². The molecule has 0 bridgehead atoms. The van der Waals surface area contributed by atoms with E-state index in [2.05, 4.69) is 47.5 Å². The first kappa shape index (κ1) is 17.3. The number of hydrogen-bond donors (Lipinski definition) is 1. The van der Waals surface area contributed by atoms with Crippen LogP contribution in [0.3, 0.4) is 0 Å². The predicted molar refractivity (Wildman–Crippen MR) is 102 cm³/mol. The van der Waals surface area contributed by atoms with Crippen LogP contribution in [0.1, 0.15) is 37.8 Å². The number of para-hydroxylation sites is 1. The van der Waals surface area contributed by atoms with E-state index in [0.717, 1.165) is 37.2 Å². The fraction of sp³-hybridized carbons (Fsp3) is 0.381. The van der Waals surface area contributed by atoms with Gasteiger partial charge in [-0.2, -0.15) is 0 Å². The summed E-state index contributed by atoms with van der Waals surface area (Å²) in [5, 5.41) is 2.81. The van der Waals surface area contributed by atoms with Gasteiger partial charge in [0.25, 0.3) is 0 Å². The Bertz CT molecular complexity index is 732. The number of benzene rings is 2. The van der Waals surface area contributed by atoms with Crippen LogP contribution in [0.2, 0.25) is 0 Å². The molecule has 0 aliphatic carbocycles. The first-order valence-corrected chi connectivity index (χ1v) is 9.07. The Labute approximate surface area is 149 Å². The maximum atomic E-state index is 11.9. The smallest absolute Gasteiger partial charge is 0.412 e. The van der Waals surface area contributed by atoms with Crippen molar-refractivity contribution in [2.45, 2.75) is 39.2 Å².